The maximum Gasteiger partial charge on any atom is 0.0862 e. The number of nitrogens with one attached hydrogen (secondary N) is 1. The second kappa shape index (κ2) is 15.0. The predicted octanol–water partition coefficient (Wildman–Crippen LogP) is 19.0. The molecular formula is C60H38N2S4. The number of thiophene rings is 4. The first-order valence-corrected chi connectivity index (χ1v) is 25.6. The van der Waals surface area contributed by atoms with Gasteiger partial charge < -0.3 is 10.2 Å². The molecule has 2 nitrogen and oxygen atoms in total. The molecule has 0 saturated carbocycles. The molecule has 0 saturated heterocycles. The van der Waals surface area contributed by atoms with Crippen LogP contribution in [0, 0.1) is 0 Å². The van der Waals surface area contributed by atoms with Crippen LogP contribution >= 0.6 is 45.3 Å². The minimum absolute atomic E-state index is 0.475. The highest BCUT2D eigenvalue weighted by Gasteiger charge is 2.34. The van der Waals surface area contributed by atoms with Crippen LogP contribution in [0.25, 0.3) is 86.3 Å². The first-order chi connectivity index (χ1) is 32.7. The Morgan fingerprint density at radius 3 is 1.36 bits per heavy atom. The lowest BCUT2D eigenvalue weighted by molar-refractivity contribution is 0.627. The quantitative estimate of drug-likeness (QED) is 0.171. The molecule has 1 aliphatic carbocycles. The third kappa shape index (κ3) is 5.89. The van der Waals surface area contributed by atoms with Crippen molar-refractivity contribution in [3.05, 3.63) is 223 Å². The summed E-state index contributed by atoms with van der Waals surface area (Å²) in [5.74, 6) is 0. The Morgan fingerprint density at radius 2 is 0.833 bits per heavy atom. The van der Waals surface area contributed by atoms with E-state index in [0.717, 1.165) is 12.1 Å². The summed E-state index contributed by atoms with van der Waals surface area (Å²) in [6, 6.07) is 71.7. The number of rotatable bonds is 7. The maximum absolute atomic E-state index is 4.21. The van der Waals surface area contributed by atoms with E-state index >= 15 is 0 Å². The third-order valence-electron chi connectivity index (χ3n) is 13.5. The predicted molar refractivity (Wildman–Crippen MR) is 293 cm³/mol. The summed E-state index contributed by atoms with van der Waals surface area (Å²) in [5, 5.41) is 14.7. The molecule has 0 fully saturated rings. The van der Waals surface area contributed by atoms with Gasteiger partial charge in [0, 0.05) is 72.3 Å². The molecule has 66 heavy (non-hydrogen) atoms. The van der Waals surface area contributed by atoms with Crippen LogP contribution in [-0.4, -0.2) is 0 Å². The molecule has 9 aromatic carbocycles. The minimum atomic E-state index is -0.475. The van der Waals surface area contributed by atoms with E-state index in [0.29, 0.717) is 0 Å². The Bertz CT molecular complexity index is 4030. The zero-order valence-electron chi connectivity index (χ0n) is 35.5. The fourth-order valence-electron chi connectivity index (χ4n) is 10.4. The van der Waals surface area contributed by atoms with Crippen molar-refractivity contribution in [3.8, 4) is 0 Å². The summed E-state index contributed by atoms with van der Waals surface area (Å²) in [6.07, 6.45) is 8.05. The molecule has 1 N–H and O–H groups in total. The van der Waals surface area contributed by atoms with E-state index in [-0.39, 0.29) is 0 Å². The van der Waals surface area contributed by atoms with Crippen molar-refractivity contribution in [1.82, 2.24) is 0 Å². The zero-order chi connectivity index (χ0) is 43.3. The second-order valence-electron chi connectivity index (χ2n) is 17.2. The molecular weight excluding hydrogens is 877 g/mol. The van der Waals surface area contributed by atoms with Gasteiger partial charge in [-0.05, 0) is 77.7 Å². The molecule has 0 radical (unpaired) electrons. The van der Waals surface area contributed by atoms with Crippen molar-refractivity contribution in [3.63, 3.8) is 0 Å². The van der Waals surface area contributed by atoms with Gasteiger partial charge in [-0.1, -0.05) is 158 Å². The van der Waals surface area contributed by atoms with Crippen LogP contribution in [0.4, 0.5) is 22.7 Å². The first kappa shape index (κ1) is 38.2. The first-order valence-electron chi connectivity index (χ1n) is 22.4. The van der Waals surface area contributed by atoms with Gasteiger partial charge in [0.15, 0.2) is 0 Å². The average Bonchev–Trinajstić information content (AvgIpc) is 4.16. The molecule has 1 unspecified atom stereocenters. The average molecular weight is 915 g/mol. The number of benzene rings is 9. The van der Waals surface area contributed by atoms with Crippen LogP contribution in [0.2, 0.25) is 0 Å². The summed E-state index contributed by atoms with van der Waals surface area (Å²) < 4.78 is 10.5. The highest BCUT2D eigenvalue weighted by atomic mass is 32.1. The zero-order valence-corrected chi connectivity index (χ0v) is 38.8. The van der Waals surface area contributed by atoms with Crippen molar-refractivity contribution in [2.45, 2.75) is 12.0 Å². The summed E-state index contributed by atoms with van der Waals surface area (Å²) in [7, 11) is 0. The van der Waals surface area contributed by atoms with Crippen LogP contribution in [0.3, 0.4) is 0 Å². The Hall–Kier alpha value is -7.06. The summed E-state index contributed by atoms with van der Waals surface area (Å²) >= 11 is 7.55. The van der Waals surface area contributed by atoms with Crippen LogP contribution in [-0.2, 0) is 5.54 Å². The molecule has 4 heterocycles. The third-order valence-corrected chi connectivity index (χ3v) is 18.4. The van der Waals surface area contributed by atoms with Gasteiger partial charge in [0.1, 0.15) is 0 Å². The summed E-state index contributed by atoms with van der Waals surface area (Å²) in [5.41, 5.74) is 7.96. The molecule has 0 bridgehead atoms. The van der Waals surface area contributed by atoms with Crippen LogP contribution < -0.4 is 10.2 Å². The van der Waals surface area contributed by atoms with E-state index < -0.39 is 5.54 Å². The van der Waals surface area contributed by atoms with Gasteiger partial charge in [0.05, 0.1) is 36.7 Å². The van der Waals surface area contributed by atoms with Crippen LogP contribution in [0.5, 0.6) is 0 Å². The molecule has 6 heteroatoms. The van der Waals surface area contributed by atoms with Crippen LogP contribution in [0.1, 0.15) is 17.5 Å². The topological polar surface area (TPSA) is 15.3 Å². The number of nitrogens with zero attached hydrogens (tertiary/aromatic N) is 1. The molecule has 4 aromatic heterocycles. The summed E-state index contributed by atoms with van der Waals surface area (Å²) in [6.45, 7) is 0. The van der Waals surface area contributed by atoms with Crippen molar-refractivity contribution in [2.75, 3.05) is 10.2 Å². The lowest BCUT2D eigenvalue weighted by atomic mass is 9.80. The van der Waals surface area contributed by atoms with Gasteiger partial charge in [-0.15, -0.1) is 45.3 Å². The van der Waals surface area contributed by atoms with Gasteiger partial charge >= 0.3 is 0 Å². The van der Waals surface area contributed by atoms with Crippen molar-refractivity contribution in [2.24, 2.45) is 0 Å². The van der Waals surface area contributed by atoms with E-state index in [1.54, 1.807) is 0 Å². The minimum Gasteiger partial charge on any atom is -0.371 e. The molecule has 0 aliphatic heterocycles. The van der Waals surface area contributed by atoms with E-state index in [1.807, 2.05) is 45.3 Å². The highest BCUT2D eigenvalue weighted by molar-refractivity contribution is 7.27. The number of fused-ring (bicyclic) bond motifs is 12. The Labute approximate surface area is 397 Å². The summed E-state index contributed by atoms with van der Waals surface area (Å²) in [4.78, 5) is 2.50. The van der Waals surface area contributed by atoms with Gasteiger partial charge in [0.25, 0.3) is 0 Å². The number of allylic oxidation sites excluding steroid dienone is 2. The van der Waals surface area contributed by atoms with Gasteiger partial charge in [-0.25, -0.2) is 0 Å². The maximum atomic E-state index is 4.21. The van der Waals surface area contributed by atoms with E-state index in [4.69, 9.17) is 0 Å². The van der Waals surface area contributed by atoms with E-state index in [9.17, 15) is 0 Å². The van der Waals surface area contributed by atoms with E-state index in [1.165, 1.54) is 114 Å². The molecule has 0 spiro atoms. The van der Waals surface area contributed by atoms with Gasteiger partial charge in [-0.3, -0.25) is 0 Å². The van der Waals surface area contributed by atoms with Gasteiger partial charge in [-0.2, -0.15) is 0 Å². The standard InChI is InChI=1S/C60H38N2S4/c1-5-25-52-40(13-1)44-17-9-21-48(56(44)63-52)60(61-49-22-10-18-45-41-14-2-6-26-53(41)64-57(45)49)35-33-38(34-36-60)37-29-31-39(32-30-37)62(50-23-11-19-46-42-15-3-7-27-54(42)65-58(46)50)51-24-12-20-47-43-16-4-8-28-55(43)66-59(47)51/h1-35,61H,36H2. The molecule has 312 valence electrons. The smallest absolute Gasteiger partial charge is 0.0862 e. The van der Waals surface area contributed by atoms with Crippen molar-refractivity contribution < 1.29 is 0 Å². The fraction of sp³-hybridized carbons (Fsp3) is 0.0333. The van der Waals surface area contributed by atoms with Crippen molar-refractivity contribution >= 4 is 154 Å². The normalized spacial score (nSPS) is 15.3. The SMILES string of the molecule is C1=CC(Nc2cccc3c2sc2ccccc23)(c2cccc3c2sc2ccccc23)CC=C1c1ccc(N(c2cccc3c2sc2ccccc23)c2cccc3c2sc2ccccc23)cc1. The van der Waals surface area contributed by atoms with E-state index in [2.05, 4.69) is 223 Å². The lowest BCUT2D eigenvalue weighted by Crippen LogP contribution is -2.34. The second-order valence-corrected chi connectivity index (χ2v) is 21.4. The Balaban J connectivity index is 0.890. The molecule has 13 aromatic rings. The monoisotopic (exact) mass is 914 g/mol. The fourth-order valence-corrected chi connectivity index (χ4v) is 15.3. The number of hydrogen-bond acceptors (Lipinski definition) is 6. The lowest BCUT2D eigenvalue weighted by Gasteiger charge is -2.36. The Kier molecular flexibility index (Phi) is 8.68. The van der Waals surface area contributed by atoms with Gasteiger partial charge in [0.2, 0.25) is 0 Å². The molecule has 14 rings (SSSR count). The molecule has 1 aliphatic rings. The highest BCUT2D eigenvalue weighted by Crippen LogP contribution is 2.50. The largest absolute Gasteiger partial charge is 0.371 e. The molecule has 1 atom stereocenters. The van der Waals surface area contributed by atoms with Crippen LogP contribution in [0.15, 0.2) is 212 Å². The number of anilines is 4. The van der Waals surface area contributed by atoms with Crippen molar-refractivity contribution in [1.29, 1.82) is 0 Å². The molecule has 0 amide bonds. The number of hydrogen-bond donors (Lipinski definition) is 1. The Morgan fingerprint density at radius 1 is 0.394 bits per heavy atom.